The fraction of sp³-hybridized carbons (Fsp3) is 0.200. The van der Waals surface area contributed by atoms with Gasteiger partial charge >= 0.3 is 12.2 Å². The maximum absolute atomic E-state index is 11.5. The van der Waals surface area contributed by atoms with Crippen LogP contribution in [0.25, 0.3) is 22.1 Å². The number of imidazole rings is 2. The van der Waals surface area contributed by atoms with Crippen molar-refractivity contribution in [2.24, 2.45) is 0 Å². The molecule has 380 valence electrons. The highest BCUT2D eigenvalue weighted by Crippen LogP contribution is 2.19. The topological polar surface area (TPSA) is 203 Å². The lowest BCUT2D eigenvalue weighted by Crippen LogP contribution is -2.32. The number of rotatable bonds is 5. The highest BCUT2D eigenvalue weighted by molar-refractivity contribution is 5.79. The van der Waals surface area contributed by atoms with Crippen LogP contribution in [0, 0.1) is 224 Å². The molecule has 0 aliphatic rings. The molecule has 0 fully saturated rings. The molecule has 0 unspecified atom stereocenters. The molecule has 14 nitrogen and oxygen atoms in total. The number of aromatic nitrogens is 4. The molecular weight excluding hydrogens is 989 g/mol. The fourth-order valence-electron chi connectivity index (χ4n) is 4.42. The minimum absolute atomic E-state index is 0.0159. The first-order chi connectivity index (χ1) is 37.9. The molecule has 4 aromatic rings. The molecule has 2 amide bonds. The Bertz CT molecular complexity index is 4060. The summed E-state index contributed by atoms with van der Waals surface area (Å²) in [6.07, 6.45) is 3.88. The lowest BCUT2D eigenvalue weighted by molar-refractivity contribution is -0.384. The molecule has 2 heterocycles. The summed E-state index contributed by atoms with van der Waals surface area (Å²) < 4.78 is 10.2. The maximum Gasteiger partial charge on any atom is 0.408 e. The number of benzene rings is 2. The number of fused-ring (bicyclic) bond motifs is 2. The van der Waals surface area contributed by atoms with E-state index in [1.807, 2.05) is 26.8 Å². The summed E-state index contributed by atoms with van der Waals surface area (Å²) in [6, 6.07) is 9.76. The number of amides is 2. The molecular formula is C65H44N8O6. The van der Waals surface area contributed by atoms with E-state index in [0.717, 1.165) is 11.0 Å². The molecule has 79 heavy (non-hydrogen) atoms. The third-order valence-electron chi connectivity index (χ3n) is 7.14. The Morgan fingerprint density at radius 3 is 1.10 bits per heavy atom. The van der Waals surface area contributed by atoms with E-state index in [1.165, 1.54) is 12.1 Å². The lowest BCUT2D eigenvalue weighted by Gasteiger charge is -2.19. The second-order valence-electron chi connectivity index (χ2n) is 15.6. The van der Waals surface area contributed by atoms with Crippen molar-refractivity contribution in [2.75, 3.05) is 5.73 Å². The normalized spacial score (nSPS) is 7.70. The summed E-state index contributed by atoms with van der Waals surface area (Å²) in [5, 5.41) is 15.9. The molecule has 0 saturated carbocycles. The van der Waals surface area contributed by atoms with Gasteiger partial charge in [0.2, 0.25) is 0 Å². The second-order valence-corrected chi connectivity index (χ2v) is 15.6. The smallest absolute Gasteiger partial charge is 0.408 e. The molecule has 2 aromatic carbocycles. The van der Waals surface area contributed by atoms with E-state index in [0.29, 0.717) is 28.4 Å². The van der Waals surface area contributed by atoms with Crippen LogP contribution in [0.2, 0.25) is 0 Å². The van der Waals surface area contributed by atoms with Crippen LogP contribution in [0.4, 0.5) is 21.0 Å². The average Bonchev–Trinajstić information content (AvgIpc) is 4.01. The summed E-state index contributed by atoms with van der Waals surface area (Å²) in [5.74, 6) is 88.7. The van der Waals surface area contributed by atoms with Gasteiger partial charge in [-0.3, -0.25) is 10.1 Å². The highest BCUT2D eigenvalue weighted by atomic mass is 16.6. The Morgan fingerprint density at radius 1 is 0.519 bits per heavy atom. The summed E-state index contributed by atoms with van der Waals surface area (Å²) >= 11 is 0. The Labute approximate surface area is 462 Å². The minimum Gasteiger partial charge on any atom is -0.444 e. The number of ether oxygens (including phenoxy) is 2. The maximum atomic E-state index is 11.5. The molecule has 14 heteroatoms. The quantitative estimate of drug-likeness (QED) is 0.0650. The molecule has 0 atom stereocenters. The van der Waals surface area contributed by atoms with E-state index < -0.39 is 28.3 Å². The number of aromatic amines is 2. The van der Waals surface area contributed by atoms with Crippen molar-refractivity contribution in [2.45, 2.75) is 86.6 Å². The number of carbonyl (C=O) groups is 2. The number of nitrogens with zero attached hydrogens (tertiary/aromatic N) is 3. The number of hydrogen-bond donors (Lipinski definition) is 5. The monoisotopic (exact) mass is 1030 g/mol. The van der Waals surface area contributed by atoms with Crippen LogP contribution >= 0.6 is 0 Å². The summed E-state index contributed by atoms with van der Waals surface area (Å²) in [6.45, 7) is 16.3. The van der Waals surface area contributed by atoms with E-state index in [4.69, 9.17) is 21.6 Å². The molecule has 4 rings (SSSR count). The predicted octanol–water partition coefficient (Wildman–Crippen LogP) is 6.39. The highest BCUT2D eigenvalue weighted by Gasteiger charge is 2.17. The Hall–Kier alpha value is -12.8. The van der Waals surface area contributed by atoms with E-state index in [1.54, 1.807) is 59.7 Å². The first kappa shape index (κ1) is 64.2. The molecule has 2 aromatic heterocycles. The Balaban J connectivity index is 0.000000527. The minimum atomic E-state index is -0.571. The van der Waals surface area contributed by atoms with Crippen LogP contribution in [0.5, 0.6) is 0 Å². The molecule has 0 spiro atoms. The van der Waals surface area contributed by atoms with Crippen LogP contribution in [0.1, 0.15) is 74.0 Å². The van der Waals surface area contributed by atoms with Gasteiger partial charge in [0.05, 0.1) is 40.1 Å². The van der Waals surface area contributed by atoms with Gasteiger partial charge in [-0.15, -0.1) is 6.42 Å². The molecule has 0 bridgehead atoms. The van der Waals surface area contributed by atoms with E-state index in [2.05, 4.69) is 238 Å². The SMILES string of the molecule is C#CC#CC#CC#CC#CC#CC#CC#CC#CC.CC#CC#CC#CC#CC#CC#CC#CC#CC#CC.CC(C)(C)OC(=O)NCc1nc2ccc(N)cc2[nH]1.CC(C)(C)OC(=O)NCc1nc2ccc([N+](=O)[O-])cc2[nH]1. The predicted molar refractivity (Wildman–Crippen MR) is 307 cm³/mol. The molecule has 0 radical (unpaired) electrons. The summed E-state index contributed by atoms with van der Waals surface area (Å²) in [4.78, 5) is 47.8. The number of nitrogens with one attached hydrogen (secondary N) is 4. The van der Waals surface area contributed by atoms with Gasteiger partial charge in [0.15, 0.2) is 0 Å². The van der Waals surface area contributed by atoms with Gasteiger partial charge in [-0.2, -0.15) is 0 Å². The van der Waals surface area contributed by atoms with Gasteiger partial charge in [-0.05, 0) is 276 Å². The lowest BCUT2D eigenvalue weighted by atomic mass is 10.2. The number of non-ortho nitro benzene ring substituents is 1. The van der Waals surface area contributed by atoms with E-state index in [9.17, 15) is 19.7 Å². The largest absolute Gasteiger partial charge is 0.444 e. The van der Waals surface area contributed by atoms with Crippen LogP contribution in [-0.4, -0.2) is 48.2 Å². The zero-order chi connectivity index (χ0) is 58.4. The van der Waals surface area contributed by atoms with Crippen molar-refractivity contribution in [1.82, 2.24) is 30.6 Å². The second kappa shape index (κ2) is 38.8. The molecule has 0 aliphatic heterocycles. The van der Waals surface area contributed by atoms with Crippen molar-refractivity contribution in [1.29, 1.82) is 0 Å². The zero-order valence-electron chi connectivity index (χ0n) is 44.3. The van der Waals surface area contributed by atoms with Crippen LogP contribution < -0.4 is 16.4 Å². The number of nitrogen functional groups attached to an aromatic ring is 1. The van der Waals surface area contributed by atoms with Gasteiger partial charge in [-0.1, -0.05) is 17.8 Å². The van der Waals surface area contributed by atoms with Crippen molar-refractivity contribution in [3.05, 3.63) is 58.2 Å². The number of nitro benzene ring substituents is 1. The van der Waals surface area contributed by atoms with Crippen LogP contribution in [0.15, 0.2) is 36.4 Å². The van der Waals surface area contributed by atoms with Gasteiger partial charge in [0, 0.05) is 17.8 Å². The van der Waals surface area contributed by atoms with E-state index >= 15 is 0 Å². The Morgan fingerprint density at radius 2 is 0.810 bits per heavy atom. The number of nitro groups is 1. The van der Waals surface area contributed by atoms with Gasteiger partial charge in [-0.25, -0.2) is 19.6 Å². The van der Waals surface area contributed by atoms with Gasteiger partial charge in [0.25, 0.3) is 5.69 Å². The van der Waals surface area contributed by atoms with Gasteiger partial charge < -0.3 is 35.8 Å². The summed E-state index contributed by atoms with van der Waals surface area (Å²) in [5.41, 5.74) is 8.07. The zero-order valence-corrected chi connectivity index (χ0v) is 44.3. The van der Waals surface area contributed by atoms with E-state index in [-0.39, 0.29) is 18.8 Å². The van der Waals surface area contributed by atoms with Crippen molar-refractivity contribution >= 4 is 45.6 Å². The standard InChI is InChI=1S/C20H6.C19H4.C13H16N4O4.C13H18N4O2/c1-3-5-7-9-11-13-15-17-19-20-18-16-14-12-10-8-6-4-2;1-3-5-7-9-11-13-15-17-19-18-16-14-12-10-8-6-4-2;1-13(2,3)21-12(18)14-7-11-15-9-5-4-8(17(19)20)6-10(9)16-11;1-13(2,3)19-12(18)15-7-11-16-9-5-4-8(14)6-10(9)17-11/h1-2H3;1H,2H3;4-6H,7H2,1-3H3,(H,14,18)(H,15,16);4-6H,7,14H2,1-3H3,(H,15,18)(H,16,17). The molecule has 0 saturated heterocycles. The average molecular weight is 1030 g/mol. The van der Waals surface area contributed by atoms with Crippen LogP contribution in [0.3, 0.4) is 0 Å². The number of carbonyl (C=O) groups excluding carboxylic acids is 2. The van der Waals surface area contributed by atoms with Crippen molar-refractivity contribution in [3.63, 3.8) is 0 Å². The number of nitrogens with two attached hydrogens (primary N) is 1. The van der Waals surface area contributed by atoms with Crippen molar-refractivity contribution < 1.29 is 24.0 Å². The fourth-order valence-corrected chi connectivity index (χ4v) is 4.42. The number of hydrogen-bond acceptors (Lipinski definition) is 9. The number of anilines is 1. The van der Waals surface area contributed by atoms with Gasteiger partial charge in [0.1, 0.15) is 22.9 Å². The third-order valence-corrected chi connectivity index (χ3v) is 7.14. The Kier molecular flexibility index (Phi) is 31.6. The summed E-state index contributed by atoms with van der Waals surface area (Å²) in [7, 11) is 0. The molecule has 6 N–H and O–H groups in total. The van der Waals surface area contributed by atoms with Crippen molar-refractivity contribution in [3.8, 4) is 214 Å². The third kappa shape index (κ3) is 35.0. The first-order valence-electron chi connectivity index (χ1n) is 22.4. The number of alkyl carbamates (subject to hydrolysis) is 2. The molecule has 0 aliphatic carbocycles. The first-order valence-corrected chi connectivity index (χ1v) is 22.4. The number of H-pyrrole nitrogens is 2. The number of terminal acetylenes is 1. The van der Waals surface area contributed by atoms with Crippen LogP contribution in [-0.2, 0) is 22.6 Å².